The van der Waals surface area contributed by atoms with Crippen LogP contribution >= 0.6 is 11.6 Å². The average Bonchev–Trinajstić information content (AvgIpc) is 2.15. The Morgan fingerprint density at radius 2 is 2.12 bits per heavy atom. The third kappa shape index (κ3) is 3.10. The molecule has 0 aliphatic heterocycles. The molecule has 0 heterocycles. The van der Waals surface area contributed by atoms with Crippen LogP contribution < -0.4 is 0 Å². The number of aliphatic carboxylic acids is 1. The minimum atomic E-state index is -3.76. The molecule has 5 nitrogen and oxygen atoms in total. The van der Waals surface area contributed by atoms with Crippen LogP contribution in [0.4, 0.5) is 14.5 Å². The summed E-state index contributed by atoms with van der Waals surface area (Å²) in [5.41, 5.74) is -1.44. The van der Waals surface area contributed by atoms with E-state index in [4.69, 9.17) is 16.7 Å². The summed E-state index contributed by atoms with van der Waals surface area (Å²) in [6, 6.07) is 2.47. The van der Waals surface area contributed by atoms with Gasteiger partial charge in [0.15, 0.2) is 0 Å². The molecule has 92 valence electrons. The van der Waals surface area contributed by atoms with Gasteiger partial charge in [-0.3, -0.25) is 14.9 Å². The van der Waals surface area contributed by atoms with Crippen molar-refractivity contribution in [3.63, 3.8) is 0 Å². The summed E-state index contributed by atoms with van der Waals surface area (Å²) in [7, 11) is 0. The zero-order valence-electron chi connectivity index (χ0n) is 8.19. The molecule has 17 heavy (non-hydrogen) atoms. The van der Waals surface area contributed by atoms with Crippen LogP contribution in [-0.2, 0) is 10.7 Å². The molecular formula is C9H6ClF2NO4. The molecule has 0 fully saturated rings. The number of carboxylic acids is 1. The number of carbonyl (C=O) groups is 1. The van der Waals surface area contributed by atoms with Crippen LogP contribution in [0, 0.1) is 10.1 Å². The second kappa shape index (κ2) is 4.62. The number of carboxylic acid groups (broad SMARTS) is 1. The van der Waals surface area contributed by atoms with Crippen LogP contribution in [0.2, 0.25) is 5.02 Å². The van der Waals surface area contributed by atoms with Gasteiger partial charge in [-0.1, -0.05) is 11.6 Å². The Morgan fingerprint density at radius 1 is 1.53 bits per heavy atom. The van der Waals surface area contributed by atoms with Gasteiger partial charge in [0.05, 0.1) is 9.95 Å². The molecular weight excluding hydrogens is 260 g/mol. The summed E-state index contributed by atoms with van der Waals surface area (Å²) in [6.45, 7) is 0. The molecule has 0 aliphatic rings. The molecule has 8 heteroatoms. The minimum Gasteiger partial charge on any atom is -0.481 e. The number of hydrogen-bond acceptors (Lipinski definition) is 3. The number of nitro benzene ring substituents is 1. The highest BCUT2D eigenvalue weighted by atomic mass is 35.5. The lowest BCUT2D eigenvalue weighted by atomic mass is 10.0. The number of halogens is 3. The molecule has 0 unspecified atom stereocenters. The van der Waals surface area contributed by atoms with E-state index in [1.807, 2.05) is 0 Å². The smallest absolute Gasteiger partial charge is 0.309 e. The van der Waals surface area contributed by atoms with E-state index in [1.165, 1.54) is 0 Å². The minimum absolute atomic E-state index is 0.415. The molecule has 0 amide bonds. The van der Waals surface area contributed by atoms with E-state index in [1.54, 1.807) is 0 Å². The van der Waals surface area contributed by atoms with Gasteiger partial charge >= 0.3 is 5.97 Å². The number of nitrogens with zero attached hydrogens (tertiary/aromatic N) is 1. The van der Waals surface area contributed by atoms with Crippen molar-refractivity contribution < 1.29 is 23.6 Å². The van der Waals surface area contributed by atoms with E-state index < -0.39 is 39.5 Å². The van der Waals surface area contributed by atoms with E-state index >= 15 is 0 Å². The van der Waals surface area contributed by atoms with Crippen molar-refractivity contribution in [3.05, 3.63) is 38.9 Å². The first-order chi connectivity index (χ1) is 7.74. The number of hydrogen-bond donors (Lipinski definition) is 1. The molecule has 0 atom stereocenters. The normalized spacial score (nSPS) is 11.2. The average molecular weight is 266 g/mol. The van der Waals surface area contributed by atoms with Crippen molar-refractivity contribution in [1.82, 2.24) is 0 Å². The fraction of sp³-hybridized carbons (Fsp3) is 0.222. The second-order valence-electron chi connectivity index (χ2n) is 3.20. The number of non-ortho nitro benzene ring substituents is 1. The number of rotatable bonds is 4. The van der Waals surface area contributed by atoms with Gasteiger partial charge in [-0.15, -0.1) is 0 Å². The van der Waals surface area contributed by atoms with Crippen molar-refractivity contribution >= 4 is 23.3 Å². The first-order valence-electron chi connectivity index (χ1n) is 4.28. The Kier molecular flexibility index (Phi) is 3.62. The van der Waals surface area contributed by atoms with Gasteiger partial charge < -0.3 is 5.11 Å². The molecule has 0 aromatic heterocycles. The molecule has 0 radical (unpaired) electrons. The van der Waals surface area contributed by atoms with Gasteiger partial charge in [0.1, 0.15) is 6.42 Å². The molecule has 1 aromatic carbocycles. The standard InChI is InChI=1S/C9H6ClF2NO4/c10-7-2-1-5(13(16)17)3-6(7)9(11,12)4-8(14)15/h1-3H,4H2,(H,14,15). The third-order valence-corrected chi connectivity index (χ3v) is 2.26. The molecule has 1 aromatic rings. The summed E-state index contributed by atoms with van der Waals surface area (Å²) in [5.74, 6) is -5.48. The molecule has 0 saturated carbocycles. The Balaban J connectivity index is 3.24. The van der Waals surface area contributed by atoms with Crippen molar-refractivity contribution in [2.24, 2.45) is 0 Å². The fourth-order valence-corrected chi connectivity index (χ4v) is 1.45. The summed E-state index contributed by atoms with van der Waals surface area (Å²) in [4.78, 5) is 19.8. The predicted octanol–water partition coefficient (Wildman–Crippen LogP) is 2.81. The monoisotopic (exact) mass is 265 g/mol. The summed E-state index contributed by atoms with van der Waals surface area (Å²) < 4.78 is 26.8. The Hall–Kier alpha value is -1.76. The van der Waals surface area contributed by atoms with Crippen LogP contribution in [0.3, 0.4) is 0 Å². The number of alkyl halides is 2. The first-order valence-corrected chi connectivity index (χ1v) is 4.66. The van der Waals surface area contributed by atoms with E-state index in [0.717, 1.165) is 12.1 Å². The Morgan fingerprint density at radius 3 is 2.59 bits per heavy atom. The van der Waals surface area contributed by atoms with Gasteiger partial charge in [0, 0.05) is 17.7 Å². The second-order valence-corrected chi connectivity index (χ2v) is 3.60. The van der Waals surface area contributed by atoms with E-state index in [0.29, 0.717) is 6.07 Å². The van der Waals surface area contributed by atoms with Gasteiger partial charge in [-0.2, -0.15) is 0 Å². The lowest BCUT2D eigenvalue weighted by Crippen LogP contribution is -2.19. The highest BCUT2D eigenvalue weighted by molar-refractivity contribution is 6.31. The van der Waals surface area contributed by atoms with Crippen LogP contribution in [-0.4, -0.2) is 16.0 Å². The maximum absolute atomic E-state index is 13.4. The number of benzene rings is 1. The Bertz CT molecular complexity index is 478. The zero-order chi connectivity index (χ0) is 13.2. The van der Waals surface area contributed by atoms with Crippen LogP contribution in [0.5, 0.6) is 0 Å². The Labute approximate surface area is 98.8 Å². The summed E-state index contributed by atoms with van der Waals surface area (Å²) in [6.07, 6.45) is -1.48. The highest BCUT2D eigenvalue weighted by Gasteiger charge is 2.37. The van der Waals surface area contributed by atoms with Gasteiger partial charge in [-0.25, -0.2) is 8.78 Å². The van der Waals surface area contributed by atoms with E-state index in [9.17, 15) is 23.7 Å². The van der Waals surface area contributed by atoms with Crippen molar-refractivity contribution in [2.45, 2.75) is 12.3 Å². The van der Waals surface area contributed by atoms with E-state index in [2.05, 4.69) is 0 Å². The van der Waals surface area contributed by atoms with Crippen molar-refractivity contribution in [3.8, 4) is 0 Å². The fourth-order valence-electron chi connectivity index (χ4n) is 1.19. The van der Waals surface area contributed by atoms with Crippen LogP contribution in [0.15, 0.2) is 18.2 Å². The molecule has 0 saturated heterocycles. The molecule has 0 bridgehead atoms. The first kappa shape index (κ1) is 13.3. The third-order valence-electron chi connectivity index (χ3n) is 1.93. The molecule has 0 aliphatic carbocycles. The van der Waals surface area contributed by atoms with E-state index in [-0.39, 0.29) is 0 Å². The quantitative estimate of drug-likeness (QED) is 0.670. The lowest BCUT2D eigenvalue weighted by molar-refractivity contribution is -0.385. The van der Waals surface area contributed by atoms with Crippen LogP contribution in [0.1, 0.15) is 12.0 Å². The predicted molar refractivity (Wildman–Crippen MR) is 54.3 cm³/mol. The summed E-state index contributed by atoms with van der Waals surface area (Å²) >= 11 is 5.47. The van der Waals surface area contributed by atoms with Crippen molar-refractivity contribution in [1.29, 1.82) is 0 Å². The molecule has 0 spiro atoms. The zero-order valence-corrected chi connectivity index (χ0v) is 8.95. The van der Waals surface area contributed by atoms with Crippen LogP contribution in [0.25, 0.3) is 0 Å². The SMILES string of the molecule is O=C(O)CC(F)(F)c1cc([N+](=O)[O-])ccc1Cl. The lowest BCUT2D eigenvalue weighted by Gasteiger charge is -2.15. The van der Waals surface area contributed by atoms with Gasteiger partial charge in [-0.05, 0) is 6.07 Å². The largest absolute Gasteiger partial charge is 0.481 e. The maximum atomic E-state index is 13.4. The molecule has 1 N–H and O–H groups in total. The topological polar surface area (TPSA) is 80.4 Å². The summed E-state index contributed by atoms with van der Waals surface area (Å²) in [5, 5.41) is 18.3. The highest BCUT2D eigenvalue weighted by Crippen LogP contribution is 2.38. The van der Waals surface area contributed by atoms with Gasteiger partial charge in [0.2, 0.25) is 0 Å². The number of nitro groups is 1. The maximum Gasteiger partial charge on any atom is 0.309 e. The van der Waals surface area contributed by atoms with Crippen molar-refractivity contribution in [2.75, 3.05) is 0 Å². The van der Waals surface area contributed by atoms with Gasteiger partial charge in [0.25, 0.3) is 11.6 Å². The molecule has 1 rings (SSSR count).